The van der Waals surface area contributed by atoms with Crippen molar-refractivity contribution in [2.75, 3.05) is 7.05 Å². The van der Waals surface area contributed by atoms with Crippen LogP contribution in [0.25, 0.3) is 0 Å². The van der Waals surface area contributed by atoms with Gasteiger partial charge in [-0.05, 0) is 31.5 Å². The van der Waals surface area contributed by atoms with Gasteiger partial charge in [0.05, 0.1) is 0 Å². The monoisotopic (exact) mass is 250 g/mol. The van der Waals surface area contributed by atoms with Crippen LogP contribution in [0.3, 0.4) is 0 Å². The molecule has 0 amide bonds. The highest BCUT2D eigenvalue weighted by atomic mass is 32.1. The van der Waals surface area contributed by atoms with Crippen molar-refractivity contribution in [1.29, 1.82) is 0 Å². The molecule has 3 heteroatoms. The van der Waals surface area contributed by atoms with Crippen LogP contribution in [0.2, 0.25) is 0 Å². The molecule has 1 aromatic carbocycles. The summed E-state index contributed by atoms with van der Waals surface area (Å²) >= 11 is 4.99. The van der Waals surface area contributed by atoms with Crippen molar-refractivity contribution in [3.63, 3.8) is 0 Å². The molecule has 2 N–H and O–H groups in total. The van der Waals surface area contributed by atoms with Crippen LogP contribution >= 0.6 is 12.2 Å². The number of thiocarbonyl (C=S) groups is 1. The van der Waals surface area contributed by atoms with Crippen LogP contribution in [0.1, 0.15) is 31.9 Å². The molecular formula is C14H22N2S. The van der Waals surface area contributed by atoms with Gasteiger partial charge in [0.25, 0.3) is 0 Å². The lowest BCUT2D eigenvalue weighted by molar-refractivity contribution is 0.200. The number of hydrogen-bond acceptors (Lipinski definition) is 2. The molecular weight excluding hydrogens is 228 g/mol. The predicted octanol–water partition coefficient (Wildman–Crippen LogP) is 2.80. The molecule has 0 radical (unpaired) electrons. The average Bonchev–Trinajstić information content (AvgIpc) is 2.28. The molecule has 1 atom stereocenters. The zero-order valence-corrected chi connectivity index (χ0v) is 11.9. The molecule has 0 heterocycles. The van der Waals surface area contributed by atoms with E-state index in [0.29, 0.717) is 16.9 Å². The molecule has 1 rings (SSSR count). The SMILES string of the molecule is CC(C)C(C)N(C)Cc1cccc(C(N)=S)c1. The van der Waals surface area contributed by atoms with Gasteiger partial charge in [-0.2, -0.15) is 0 Å². The summed E-state index contributed by atoms with van der Waals surface area (Å²) in [6.45, 7) is 7.66. The molecule has 1 aromatic rings. The summed E-state index contributed by atoms with van der Waals surface area (Å²) in [5.41, 5.74) is 7.84. The highest BCUT2D eigenvalue weighted by Gasteiger charge is 2.13. The minimum Gasteiger partial charge on any atom is -0.389 e. The van der Waals surface area contributed by atoms with Gasteiger partial charge in [0.1, 0.15) is 4.99 Å². The van der Waals surface area contributed by atoms with E-state index in [-0.39, 0.29) is 0 Å². The van der Waals surface area contributed by atoms with Gasteiger partial charge in [0.2, 0.25) is 0 Å². The van der Waals surface area contributed by atoms with Crippen LogP contribution in [0.4, 0.5) is 0 Å². The van der Waals surface area contributed by atoms with E-state index in [2.05, 4.69) is 44.9 Å². The van der Waals surface area contributed by atoms with Crippen molar-refractivity contribution in [3.05, 3.63) is 35.4 Å². The first-order chi connectivity index (χ1) is 7.91. The Morgan fingerprint density at radius 3 is 2.53 bits per heavy atom. The molecule has 2 nitrogen and oxygen atoms in total. The highest BCUT2D eigenvalue weighted by molar-refractivity contribution is 7.80. The summed E-state index contributed by atoms with van der Waals surface area (Å²) in [6.07, 6.45) is 0. The van der Waals surface area contributed by atoms with Gasteiger partial charge in [-0.1, -0.05) is 44.3 Å². The Morgan fingerprint density at radius 1 is 1.35 bits per heavy atom. The average molecular weight is 250 g/mol. The molecule has 0 fully saturated rings. The molecule has 0 saturated heterocycles. The Balaban J connectivity index is 2.74. The second kappa shape index (κ2) is 6.12. The molecule has 0 aromatic heterocycles. The summed E-state index contributed by atoms with van der Waals surface area (Å²) in [5.74, 6) is 0.652. The number of nitrogens with zero attached hydrogens (tertiary/aromatic N) is 1. The second-order valence-electron chi connectivity index (χ2n) is 4.96. The van der Waals surface area contributed by atoms with Crippen molar-refractivity contribution in [2.24, 2.45) is 11.7 Å². The Bertz CT molecular complexity index is 388. The van der Waals surface area contributed by atoms with E-state index >= 15 is 0 Å². The summed E-state index contributed by atoms with van der Waals surface area (Å²) < 4.78 is 0. The summed E-state index contributed by atoms with van der Waals surface area (Å²) in [7, 11) is 2.15. The van der Waals surface area contributed by atoms with Crippen molar-refractivity contribution in [3.8, 4) is 0 Å². The number of benzene rings is 1. The summed E-state index contributed by atoms with van der Waals surface area (Å²) in [4.78, 5) is 2.81. The van der Waals surface area contributed by atoms with Crippen LogP contribution in [0, 0.1) is 5.92 Å². The summed E-state index contributed by atoms with van der Waals surface area (Å²) in [5, 5.41) is 0. The van der Waals surface area contributed by atoms with E-state index in [9.17, 15) is 0 Å². The van der Waals surface area contributed by atoms with E-state index in [1.54, 1.807) is 0 Å². The van der Waals surface area contributed by atoms with E-state index < -0.39 is 0 Å². The Labute approximate surface area is 110 Å². The molecule has 0 aliphatic heterocycles. The van der Waals surface area contributed by atoms with Crippen LogP contribution in [0.15, 0.2) is 24.3 Å². The maximum absolute atomic E-state index is 5.64. The fourth-order valence-electron chi connectivity index (χ4n) is 1.76. The third-order valence-corrected chi connectivity index (χ3v) is 3.54. The lowest BCUT2D eigenvalue weighted by Gasteiger charge is -2.28. The van der Waals surface area contributed by atoms with Crippen molar-refractivity contribution in [1.82, 2.24) is 4.90 Å². The van der Waals surface area contributed by atoms with E-state index in [0.717, 1.165) is 12.1 Å². The molecule has 17 heavy (non-hydrogen) atoms. The lowest BCUT2D eigenvalue weighted by Crippen LogP contribution is -2.32. The van der Waals surface area contributed by atoms with Gasteiger partial charge in [-0.25, -0.2) is 0 Å². The zero-order valence-electron chi connectivity index (χ0n) is 11.1. The molecule has 0 spiro atoms. The molecule has 0 aliphatic carbocycles. The number of hydrogen-bond donors (Lipinski definition) is 1. The van der Waals surface area contributed by atoms with E-state index in [1.807, 2.05) is 12.1 Å². The second-order valence-corrected chi connectivity index (χ2v) is 5.40. The fourth-order valence-corrected chi connectivity index (χ4v) is 1.89. The highest BCUT2D eigenvalue weighted by Crippen LogP contribution is 2.13. The minimum absolute atomic E-state index is 0.464. The van der Waals surface area contributed by atoms with Crippen molar-refractivity contribution in [2.45, 2.75) is 33.4 Å². The van der Waals surface area contributed by atoms with Crippen LogP contribution in [-0.4, -0.2) is 23.0 Å². The van der Waals surface area contributed by atoms with E-state index in [4.69, 9.17) is 18.0 Å². The van der Waals surface area contributed by atoms with Gasteiger partial charge in [-0.3, -0.25) is 4.90 Å². The topological polar surface area (TPSA) is 29.3 Å². The first-order valence-corrected chi connectivity index (χ1v) is 6.41. The maximum Gasteiger partial charge on any atom is 0.103 e. The molecule has 1 unspecified atom stereocenters. The van der Waals surface area contributed by atoms with Crippen molar-refractivity contribution >= 4 is 17.2 Å². The van der Waals surface area contributed by atoms with Gasteiger partial charge in [0.15, 0.2) is 0 Å². The quantitative estimate of drug-likeness (QED) is 0.815. The van der Waals surface area contributed by atoms with Crippen LogP contribution in [-0.2, 0) is 6.54 Å². The number of nitrogens with two attached hydrogens (primary N) is 1. The smallest absolute Gasteiger partial charge is 0.103 e. The largest absolute Gasteiger partial charge is 0.389 e. The molecule has 94 valence electrons. The molecule has 0 bridgehead atoms. The Kier molecular flexibility index (Phi) is 5.09. The third kappa shape index (κ3) is 4.10. The fraction of sp³-hybridized carbons (Fsp3) is 0.500. The molecule has 0 saturated carbocycles. The van der Waals surface area contributed by atoms with Gasteiger partial charge >= 0.3 is 0 Å². The van der Waals surface area contributed by atoms with Crippen molar-refractivity contribution < 1.29 is 0 Å². The molecule has 0 aliphatic rings. The maximum atomic E-state index is 5.64. The third-order valence-electron chi connectivity index (χ3n) is 3.30. The standard InChI is InChI=1S/C14H22N2S/c1-10(2)11(3)16(4)9-12-6-5-7-13(8-12)14(15)17/h5-8,10-11H,9H2,1-4H3,(H2,15,17). The van der Waals surface area contributed by atoms with E-state index in [1.165, 1.54) is 5.56 Å². The Hall–Kier alpha value is -0.930. The lowest BCUT2D eigenvalue weighted by atomic mass is 10.0. The van der Waals surface area contributed by atoms with Gasteiger partial charge in [0, 0.05) is 18.2 Å². The first-order valence-electron chi connectivity index (χ1n) is 6.00. The summed E-state index contributed by atoms with van der Waals surface area (Å²) in [6, 6.07) is 8.72. The predicted molar refractivity (Wildman–Crippen MR) is 78.1 cm³/mol. The normalized spacial score (nSPS) is 13.1. The van der Waals surface area contributed by atoms with Crippen LogP contribution < -0.4 is 5.73 Å². The van der Waals surface area contributed by atoms with Gasteiger partial charge in [-0.15, -0.1) is 0 Å². The zero-order chi connectivity index (χ0) is 13.0. The van der Waals surface area contributed by atoms with Crippen LogP contribution in [0.5, 0.6) is 0 Å². The van der Waals surface area contributed by atoms with Gasteiger partial charge < -0.3 is 5.73 Å². The first kappa shape index (κ1) is 14.1. The minimum atomic E-state index is 0.464. The number of rotatable bonds is 5. The Morgan fingerprint density at radius 2 is 2.00 bits per heavy atom.